The van der Waals surface area contributed by atoms with Crippen LogP contribution in [0.1, 0.15) is 0 Å². The SMILES string of the molecule is O=C1O[C@@H](O)C=C1F. The van der Waals surface area contributed by atoms with Crippen LogP contribution in [0.5, 0.6) is 0 Å². The third-order valence-corrected chi connectivity index (χ3v) is 0.712. The molecule has 3 nitrogen and oxygen atoms in total. The first-order valence-corrected chi connectivity index (χ1v) is 1.96. The van der Waals surface area contributed by atoms with Gasteiger partial charge < -0.3 is 9.84 Å². The highest BCUT2D eigenvalue weighted by atomic mass is 19.1. The fourth-order valence-corrected chi connectivity index (χ4v) is 0.393. The predicted molar refractivity (Wildman–Crippen MR) is 21.3 cm³/mol. The molecule has 1 rings (SSSR count). The average Bonchev–Trinajstić information content (AvgIpc) is 1.85. The summed E-state index contributed by atoms with van der Waals surface area (Å²) in [5, 5.41) is 8.31. The van der Waals surface area contributed by atoms with E-state index >= 15 is 0 Å². The zero-order chi connectivity index (χ0) is 6.15. The van der Waals surface area contributed by atoms with Crippen LogP contribution in [-0.2, 0) is 9.53 Å². The highest BCUT2D eigenvalue weighted by molar-refractivity contribution is 5.88. The van der Waals surface area contributed by atoms with Crippen molar-refractivity contribution in [3.8, 4) is 0 Å². The van der Waals surface area contributed by atoms with Crippen LogP contribution in [-0.4, -0.2) is 17.4 Å². The molecule has 0 aliphatic carbocycles. The molecule has 0 saturated carbocycles. The Bertz CT molecular complexity index is 151. The largest absolute Gasteiger partial charge is 0.427 e. The van der Waals surface area contributed by atoms with Crippen molar-refractivity contribution in [2.45, 2.75) is 6.29 Å². The Balaban J connectivity index is 2.73. The van der Waals surface area contributed by atoms with Crippen molar-refractivity contribution in [2.75, 3.05) is 0 Å². The maximum Gasteiger partial charge on any atom is 0.369 e. The second kappa shape index (κ2) is 1.56. The summed E-state index contributed by atoms with van der Waals surface area (Å²) in [4.78, 5) is 9.96. The van der Waals surface area contributed by atoms with Gasteiger partial charge in [0.25, 0.3) is 0 Å². The molecule has 0 spiro atoms. The van der Waals surface area contributed by atoms with E-state index in [1.165, 1.54) is 0 Å². The van der Waals surface area contributed by atoms with Crippen LogP contribution in [0.3, 0.4) is 0 Å². The molecule has 1 aliphatic rings. The van der Waals surface area contributed by atoms with E-state index in [0.717, 1.165) is 0 Å². The van der Waals surface area contributed by atoms with Crippen molar-refractivity contribution in [3.63, 3.8) is 0 Å². The maximum atomic E-state index is 11.8. The monoisotopic (exact) mass is 118 g/mol. The van der Waals surface area contributed by atoms with E-state index < -0.39 is 18.1 Å². The van der Waals surface area contributed by atoms with Crippen LogP contribution in [0.4, 0.5) is 4.39 Å². The number of esters is 1. The summed E-state index contributed by atoms with van der Waals surface area (Å²) in [6.07, 6.45) is -0.690. The molecule has 0 aromatic heterocycles. The number of carbonyl (C=O) groups excluding carboxylic acids is 1. The molecule has 0 saturated heterocycles. The van der Waals surface area contributed by atoms with Crippen LogP contribution in [0.2, 0.25) is 0 Å². The second-order valence-corrected chi connectivity index (χ2v) is 1.31. The van der Waals surface area contributed by atoms with Gasteiger partial charge in [-0.05, 0) is 0 Å². The minimum absolute atomic E-state index is 0.697. The van der Waals surface area contributed by atoms with Crippen molar-refractivity contribution >= 4 is 5.97 Å². The Morgan fingerprint density at radius 2 is 2.50 bits per heavy atom. The molecule has 0 aromatic rings. The summed E-state index contributed by atoms with van der Waals surface area (Å²) >= 11 is 0. The molecule has 8 heavy (non-hydrogen) atoms. The van der Waals surface area contributed by atoms with E-state index in [1.807, 2.05) is 0 Å². The quantitative estimate of drug-likeness (QED) is 0.445. The van der Waals surface area contributed by atoms with E-state index in [1.54, 1.807) is 0 Å². The second-order valence-electron chi connectivity index (χ2n) is 1.31. The van der Waals surface area contributed by atoms with Gasteiger partial charge in [-0.15, -0.1) is 0 Å². The fraction of sp³-hybridized carbons (Fsp3) is 0.250. The smallest absolute Gasteiger partial charge is 0.369 e. The molecule has 1 aliphatic heterocycles. The van der Waals surface area contributed by atoms with Gasteiger partial charge in [-0.2, -0.15) is 4.39 Å². The number of hydrogen-bond acceptors (Lipinski definition) is 3. The Hall–Kier alpha value is -0.900. The van der Waals surface area contributed by atoms with Gasteiger partial charge in [0, 0.05) is 6.08 Å². The van der Waals surface area contributed by atoms with Crippen molar-refractivity contribution in [1.29, 1.82) is 0 Å². The van der Waals surface area contributed by atoms with Gasteiger partial charge in [-0.1, -0.05) is 0 Å². The standard InChI is InChI=1S/C4H3FO3/c5-2-1-3(6)8-4(2)7/h1,3,6H/t3-/m1/s1. The topological polar surface area (TPSA) is 46.5 Å². The molecule has 4 heteroatoms. The molecule has 0 bridgehead atoms. The average molecular weight is 118 g/mol. The lowest BCUT2D eigenvalue weighted by atomic mass is 10.5. The van der Waals surface area contributed by atoms with Gasteiger partial charge in [0.15, 0.2) is 0 Å². The summed E-state index contributed by atoms with van der Waals surface area (Å²) < 4.78 is 15.7. The first-order valence-electron chi connectivity index (χ1n) is 1.96. The van der Waals surface area contributed by atoms with Crippen molar-refractivity contribution in [2.24, 2.45) is 0 Å². The molecule has 0 fully saturated rings. The minimum Gasteiger partial charge on any atom is -0.427 e. The van der Waals surface area contributed by atoms with Gasteiger partial charge in [-0.25, -0.2) is 4.79 Å². The number of carbonyl (C=O) groups is 1. The van der Waals surface area contributed by atoms with E-state index in [2.05, 4.69) is 4.74 Å². The lowest BCUT2D eigenvalue weighted by molar-refractivity contribution is -0.152. The van der Waals surface area contributed by atoms with Crippen molar-refractivity contribution in [3.05, 3.63) is 11.9 Å². The summed E-state index contributed by atoms with van der Waals surface area (Å²) in [5.41, 5.74) is 0. The van der Waals surface area contributed by atoms with Crippen LogP contribution in [0.25, 0.3) is 0 Å². The van der Waals surface area contributed by atoms with Crippen LogP contribution < -0.4 is 0 Å². The zero-order valence-corrected chi connectivity index (χ0v) is 3.80. The Morgan fingerprint density at radius 1 is 1.88 bits per heavy atom. The Morgan fingerprint density at radius 3 is 2.62 bits per heavy atom. The van der Waals surface area contributed by atoms with Gasteiger partial charge in [0.2, 0.25) is 12.1 Å². The highest BCUT2D eigenvalue weighted by Gasteiger charge is 2.22. The zero-order valence-electron chi connectivity index (χ0n) is 3.80. The van der Waals surface area contributed by atoms with Gasteiger partial charge in [-0.3, -0.25) is 0 Å². The molecule has 44 valence electrons. The van der Waals surface area contributed by atoms with E-state index in [9.17, 15) is 9.18 Å². The first-order chi connectivity index (χ1) is 3.70. The third-order valence-electron chi connectivity index (χ3n) is 0.712. The highest BCUT2D eigenvalue weighted by Crippen LogP contribution is 2.11. The summed E-state index contributed by atoms with van der Waals surface area (Å²) in [6.45, 7) is 0. The summed E-state index contributed by atoms with van der Waals surface area (Å²) in [5.74, 6) is -2.13. The van der Waals surface area contributed by atoms with E-state index in [-0.39, 0.29) is 0 Å². The van der Waals surface area contributed by atoms with E-state index in [0.29, 0.717) is 6.08 Å². The van der Waals surface area contributed by atoms with Crippen LogP contribution in [0, 0.1) is 0 Å². The van der Waals surface area contributed by atoms with Crippen LogP contribution >= 0.6 is 0 Å². The molecule has 1 N–H and O–H groups in total. The molecular formula is C4H3FO3. The van der Waals surface area contributed by atoms with Crippen LogP contribution in [0.15, 0.2) is 11.9 Å². The number of aliphatic hydroxyl groups is 1. The minimum atomic E-state index is -1.39. The lowest BCUT2D eigenvalue weighted by Crippen LogP contribution is -2.05. The summed E-state index contributed by atoms with van der Waals surface area (Å²) in [7, 11) is 0. The fourth-order valence-electron chi connectivity index (χ4n) is 0.393. The molecule has 0 unspecified atom stereocenters. The van der Waals surface area contributed by atoms with Gasteiger partial charge >= 0.3 is 5.97 Å². The van der Waals surface area contributed by atoms with Crippen molar-refractivity contribution in [1.82, 2.24) is 0 Å². The Labute approximate surface area is 44.4 Å². The third kappa shape index (κ3) is 0.696. The predicted octanol–water partition coefficient (Wildman–Crippen LogP) is -0.285. The number of hydrogen-bond donors (Lipinski definition) is 1. The number of cyclic esters (lactones) is 1. The number of rotatable bonds is 0. The number of ether oxygens (including phenoxy) is 1. The Kier molecular flexibility index (Phi) is 1.02. The van der Waals surface area contributed by atoms with Gasteiger partial charge in [0.05, 0.1) is 0 Å². The molecule has 0 amide bonds. The molecular weight excluding hydrogens is 115 g/mol. The van der Waals surface area contributed by atoms with E-state index in [4.69, 9.17) is 5.11 Å². The molecule has 1 atom stereocenters. The molecule has 0 radical (unpaired) electrons. The lowest BCUT2D eigenvalue weighted by Gasteiger charge is -1.94. The molecule has 0 aromatic carbocycles. The number of aliphatic hydroxyl groups excluding tert-OH is 1. The number of halogens is 1. The first kappa shape index (κ1) is 5.24. The normalized spacial score (nSPS) is 27.5. The molecule has 1 heterocycles. The summed E-state index contributed by atoms with van der Waals surface area (Å²) in [6, 6.07) is 0. The van der Waals surface area contributed by atoms with Gasteiger partial charge in [0.1, 0.15) is 0 Å². The maximum absolute atomic E-state index is 11.8. The van der Waals surface area contributed by atoms with Crippen molar-refractivity contribution < 1.29 is 19.0 Å².